The maximum absolute atomic E-state index is 4.26. The maximum Gasteiger partial charge on any atom is 0.212 e. The van der Waals surface area contributed by atoms with Gasteiger partial charge in [0, 0.05) is 15.7 Å². The molecule has 8 heteroatoms. The summed E-state index contributed by atoms with van der Waals surface area (Å²) < 4.78 is 1.18. The van der Waals surface area contributed by atoms with Crippen LogP contribution in [-0.2, 0) is 0 Å². The highest BCUT2D eigenvalue weighted by molar-refractivity contribution is 14.1. The third-order valence-electron chi connectivity index (χ3n) is 2.43. The standard InChI is InChI=1S/C11H10IN5S.ClH/c12-8-4-2-1-3-7(8)9-16-17-11(18-9)15-10-13-5-6-14-10;/h1-4H,5-6H2,(H2,13,14,15,17);1H. The van der Waals surface area contributed by atoms with E-state index >= 15 is 0 Å². The highest BCUT2D eigenvalue weighted by Gasteiger charge is 2.11. The van der Waals surface area contributed by atoms with Crippen LogP contribution in [0.5, 0.6) is 0 Å². The highest BCUT2D eigenvalue weighted by Crippen LogP contribution is 2.29. The third kappa shape index (κ3) is 3.34. The molecule has 0 unspecified atom stereocenters. The summed E-state index contributed by atoms with van der Waals surface area (Å²) in [6.45, 7) is 1.69. The van der Waals surface area contributed by atoms with Gasteiger partial charge in [-0.3, -0.25) is 4.99 Å². The number of rotatable bonds is 2. The Morgan fingerprint density at radius 1 is 1.26 bits per heavy atom. The largest absolute Gasteiger partial charge is 0.354 e. The first-order valence-electron chi connectivity index (χ1n) is 5.47. The predicted octanol–water partition coefficient (Wildman–Crippen LogP) is 2.60. The molecule has 0 bridgehead atoms. The van der Waals surface area contributed by atoms with Crippen LogP contribution in [0, 0.1) is 3.57 Å². The van der Waals surface area contributed by atoms with Crippen LogP contribution in [0.25, 0.3) is 10.6 Å². The minimum absolute atomic E-state index is 0. The molecule has 0 fully saturated rings. The van der Waals surface area contributed by atoms with Crippen molar-refractivity contribution in [1.29, 1.82) is 0 Å². The van der Waals surface area contributed by atoms with Gasteiger partial charge < -0.3 is 10.6 Å². The fraction of sp³-hybridized carbons (Fsp3) is 0.182. The van der Waals surface area contributed by atoms with E-state index in [1.54, 1.807) is 0 Å². The summed E-state index contributed by atoms with van der Waals surface area (Å²) in [5.74, 6) is 0.778. The van der Waals surface area contributed by atoms with E-state index in [0.717, 1.165) is 34.8 Å². The Labute approximate surface area is 134 Å². The Morgan fingerprint density at radius 2 is 2.11 bits per heavy atom. The van der Waals surface area contributed by atoms with Crippen molar-refractivity contribution in [2.24, 2.45) is 4.99 Å². The first-order valence-corrected chi connectivity index (χ1v) is 7.36. The third-order valence-corrected chi connectivity index (χ3v) is 4.24. The smallest absolute Gasteiger partial charge is 0.212 e. The molecule has 1 aliphatic rings. The quantitative estimate of drug-likeness (QED) is 0.751. The Balaban J connectivity index is 0.00000133. The lowest BCUT2D eigenvalue weighted by molar-refractivity contribution is 0.958. The molecule has 0 spiro atoms. The molecule has 0 amide bonds. The van der Waals surface area contributed by atoms with Crippen molar-refractivity contribution in [2.45, 2.75) is 0 Å². The number of aromatic nitrogens is 2. The molecular formula is C11H11ClIN5S. The van der Waals surface area contributed by atoms with Gasteiger partial charge in [0.1, 0.15) is 0 Å². The molecule has 0 aliphatic carbocycles. The number of nitrogens with one attached hydrogen (secondary N) is 2. The maximum atomic E-state index is 4.26. The number of nitrogens with zero attached hydrogens (tertiary/aromatic N) is 3. The van der Waals surface area contributed by atoms with Crippen molar-refractivity contribution in [3.8, 4) is 10.6 Å². The van der Waals surface area contributed by atoms with Gasteiger partial charge in [-0.15, -0.1) is 22.6 Å². The van der Waals surface area contributed by atoms with Gasteiger partial charge in [-0.1, -0.05) is 29.5 Å². The Kier molecular flexibility index (Phi) is 4.94. The topological polar surface area (TPSA) is 62.2 Å². The van der Waals surface area contributed by atoms with E-state index in [-0.39, 0.29) is 12.4 Å². The van der Waals surface area contributed by atoms with Crippen molar-refractivity contribution >= 4 is 57.4 Å². The number of anilines is 1. The zero-order valence-corrected chi connectivity index (χ0v) is 13.6. The highest BCUT2D eigenvalue weighted by atomic mass is 127. The Bertz CT molecular complexity index is 600. The van der Waals surface area contributed by atoms with Crippen molar-refractivity contribution in [2.75, 3.05) is 18.4 Å². The summed E-state index contributed by atoms with van der Waals surface area (Å²) in [7, 11) is 0. The number of guanidine groups is 1. The molecule has 2 aromatic rings. The normalized spacial score (nSPS) is 13.4. The lowest BCUT2D eigenvalue weighted by Crippen LogP contribution is -2.26. The SMILES string of the molecule is Cl.Ic1ccccc1-c1nnc(NC2=NCCN2)s1. The van der Waals surface area contributed by atoms with E-state index in [9.17, 15) is 0 Å². The number of aliphatic imine (C=N–C) groups is 1. The average Bonchev–Trinajstić information content (AvgIpc) is 3.02. The summed E-state index contributed by atoms with van der Waals surface area (Å²) in [6, 6.07) is 8.14. The van der Waals surface area contributed by atoms with Gasteiger partial charge in [0.15, 0.2) is 11.0 Å². The fourth-order valence-corrected chi connectivity index (χ4v) is 3.21. The second-order valence-corrected chi connectivity index (χ2v) is 5.81. The second kappa shape index (κ2) is 6.49. The van der Waals surface area contributed by atoms with E-state index in [0.29, 0.717) is 0 Å². The van der Waals surface area contributed by atoms with Gasteiger partial charge in [-0.25, -0.2) is 0 Å². The number of hydrogen-bond donors (Lipinski definition) is 2. The number of hydrogen-bond acceptors (Lipinski definition) is 6. The van der Waals surface area contributed by atoms with Crippen LogP contribution in [0.2, 0.25) is 0 Å². The zero-order valence-electron chi connectivity index (χ0n) is 9.76. The van der Waals surface area contributed by atoms with Crippen LogP contribution in [0.4, 0.5) is 5.13 Å². The van der Waals surface area contributed by atoms with Gasteiger partial charge >= 0.3 is 0 Å². The minimum Gasteiger partial charge on any atom is -0.354 e. The molecule has 5 nitrogen and oxygen atoms in total. The molecule has 0 saturated carbocycles. The monoisotopic (exact) mass is 407 g/mol. The molecule has 1 aromatic heterocycles. The predicted molar refractivity (Wildman–Crippen MR) is 89.2 cm³/mol. The van der Waals surface area contributed by atoms with Gasteiger partial charge in [0.25, 0.3) is 0 Å². The summed E-state index contributed by atoms with van der Waals surface area (Å²) in [4.78, 5) is 4.26. The van der Waals surface area contributed by atoms with Crippen molar-refractivity contribution < 1.29 is 0 Å². The summed E-state index contributed by atoms with van der Waals surface area (Å²) in [6.07, 6.45) is 0. The number of benzene rings is 1. The first kappa shape index (κ1) is 14.5. The molecule has 1 aromatic carbocycles. The first-order chi connectivity index (χ1) is 8.83. The van der Waals surface area contributed by atoms with Crippen LogP contribution < -0.4 is 10.6 Å². The Morgan fingerprint density at radius 3 is 2.84 bits per heavy atom. The van der Waals surface area contributed by atoms with Crippen LogP contribution >= 0.6 is 46.3 Å². The van der Waals surface area contributed by atoms with E-state index < -0.39 is 0 Å². The van der Waals surface area contributed by atoms with E-state index in [1.165, 1.54) is 14.9 Å². The van der Waals surface area contributed by atoms with Gasteiger partial charge in [0.2, 0.25) is 5.13 Å². The van der Waals surface area contributed by atoms with E-state index in [2.05, 4.69) is 60.5 Å². The van der Waals surface area contributed by atoms with Crippen LogP contribution in [0.3, 0.4) is 0 Å². The van der Waals surface area contributed by atoms with Crippen LogP contribution in [0.15, 0.2) is 29.3 Å². The number of halogens is 2. The van der Waals surface area contributed by atoms with Gasteiger partial charge in [0.05, 0.1) is 6.54 Å². The lowest BCUT2D eigenvalue weighted by atomic mass is 10.2. The lowest BCUT2D eigenvalue weighted by Gasteiger charge is -2.00. The molecule has 2 N–H and O–H groups in total. The zero-order chi connectivity index (χ0) is 12.4. The summed E-state index contributed by atoms with van der Waals surface area (Å²) >= 11 is 3.83. The van der Waals surface area contributed by atoms with Crippen LogP contribution in [0.1, 0.15) is 0 Å². The fourth-order valence-electron chi connectivity index (χ4n) is 1.60. The van der Waals surface area contributed by atoms with Crippen molar-refractivity contribution in [1.82, 2.24) is 15.5 Å². The molecule has 0 atom stereocenters. The molecule has 100 valence electrons. The van der Waals surface area contributed by atoms with Crippen LogP contribution in [-0.4, -0.2) is 29.2 Å². The van der Waals surface area contributed by atoms with E-state index in [1.807, 2.05) is 12.1 Å². The molecule has 19 heavy (non-hydrogen) atoms. The van der Waals surface area contributed by atoms with E-state index in [4.69, 9.17) is 0 Å². The Hall–Kier alpha value is -0.930. The molecule has 3 rings (SSSR count). The second-order valence-electron chi connectivity index (χ2n) is 3.67. The molecule has 0 radical (unpaired) electrons. The molecule has 1 aliphatic heterocycles. The molecular weight excluding hydrogens is 397 g/mol. The molecule has 0 saturated heterocycles. The average molecular weight is 408 g/mol. The minimum atomic E-state index is 0. The summed E-state index contributed by atoms with van der Waals surface area (Å²) in [5, 5.41) is 16.3. The van der Waals surface area contributed by atoms with Crippen molar-refractivity contribution in [3.05, 3.63) is 27.8 Å². The van der Waals surface area contributed by atoms with Gasteiger partial charge in [-0.2, -0.15) is 0 Å². The molecule has 2 heterocycles. The summed E-state index contributed by atoms with van der Waals surface area (Å²) in [5.41, 5.74) is 1.12. The van der Waals surface area contributed by atoms with Gasteiger partial charge in [-0.05, 0) is 28.7 Å². The van der Waals surface area contributed by atoms with Crippen molar-refractivity contribution in [3.63, 3.8) is 0 Å².